The Hall–Kier alpha value is -1.49. The van der Waals surface area contributed by atoms with Crippen LogP contribution in [0, 0.1) is 0 Å². The SMILES string of the molecule is CC(C)N(CCCO)c1ncc(C=O)cn1. The van der Waals surface area contributed by atoms with E-state index < -0.39 is 0 Å². The fourth-order valence-corrected chi connectivity index (χ4v) is 1.37. The highest BCUT2D eigenvalue weighted by molar-refractivity contribution is 5.73. The lowest BCUT2D eigenvalue weighted by Gasteiger charge is -2.26. The highest BCUT2D eigenvalue weighted by Crippen LogP contribution is 2.10. The van der Waals surface area contributed by atoms with Gasteiger partial charge in [0.25, 0.3) is 0 Å². The van der Waals surface area contributed by atoms with Crippen molar-refractivity contribution in [1.29, 1.82) is 0 Å². The summed E-state index contributed by atoms with van der Waals surface area (Å²) in [6.07, 6.45) is 4.40. The van der Waals surface area contributed by atoms with Crippen LogP contribution in [0.1, 0.15) is 30.6 Å². The van der Waals surface area contributed by atoms with Gasteiger partial charge in [-0.15, -0.1) is 0 Å². The van der Waals surface area contributed by atoms with E-state index in [1.807, 2.05) is 18.7 Å². The Morgan fingerprint density at radius 2 is 2.06 bits per heavy atom. The normalized spacial score (nSPS) is 10.5. The summed E-state index contributed by atoms with van der Waals surface area (Å²) in [5, 5.41) is 8.81. The molecular weight excluding hydrogens is 206 g/mol. The van der Waals surface area contributed by atoms with Crippen molar-refractivity contribution in [2.24, 2.45) is 0 Å². The van der Waals surface area contributed by atoms with E-state index in [1.54, 1.807) is 0 Å². The Labute approximate surface area is 95.1 Å². The van der Waals surface area contributed by atoms with Gasteiger partial charge in [0.2, 0.25) is 5.95 Å². The molecule has 0 atom stereocenters. The lowest BCUT2D eigenvalue weighted by Crippen LogP contribution is -2.33. The van der Waals surface area contributed by atoms with Gasteiger partial charge in [-0.3, -0.25) is 4.79 Å². The predicted octanol–water partition coefficient (Wildman–Crippen LogP) is 0.886. The van der Waals surface area contributed by atoms with Gasteiger partial charge in [-0.25, -0.2) is 9.97 Å². The first-order valence-electron chi connectivity index (χ1n) is 5.33. The van der Waals surface area contributed by atoms with E-state index in [-0.39, 0.29) is 12.6 Å². The second kappa shape index (κ2) is 6.17. The first kappa shape index (κ1) is 12.6. The number of carbonyl (C=O) groups excluding carboxylic acids is 1. The first-order chi connectivity index (χ1) is 7.69. The van der Waals surface area contributed by atoms with Gasteiger partial charge in [-0.05, 0) is 20.3 Å². The quantitative estimate of drug-likeness (QED) is 0.725. The van der Waals surface area contributed by atoms with E-state index in [0.717, 1.165) is 6.29 Å². The maximum absolute atomic E-state index is 10.5. The van der Waals surface area contributed by atoms with Gasteiger partial charge in [0.1, 0.15) is 0 Å². The maximum Gasteiger partial charge on any atom is 0.225 e. The van der Waals surface area contributed by atoms with Crippen LogP contribution in [0.2, 0.25) is 0 Å². The van der Waals surface area contributed by atoms with Crippen molar-refractivity contribution in [2.75, 3.05) is 18.1 Å². The largest absolute Gasteiger partial charge is 0.396 e. The van der Waals surface area contributed by atoms with Crippen LogP contribution in [0.15, 0.2) is 12.4 Å². The Morgan fingerprint density at radius 3 is 2.50 bits per heavy atom. The monoisotopic (exact) mass is 223 g/mol. The van der Waals surface area contributed by atoms with Crippen LogP contribution >= 0.6 is 0 Å². The molecule has 0 spiro atoms. The van der Waals surface area contributed by atoms with Crippen molar-refractivity contribution in [3.63, 3.8) is 0 Å². The standard InChI is InChI=1S/C11H17N3O2/c1-9(2)14(4-3-5-15)11-12-6-10(8-16)7-13-11/h6-9,15H,3-5H2,1-2H3. The number of hydrogen-bond acceptors (Lipinski definition) is 5. The zero-order valence-electron chi connectivity index (χ0n) is 9.63. The minimum atomic E-state index is 0.148. The topological polar surface area (TPSA) is 66.3 Å². The Kier molecular flexibility index (Phi) is 4.85. The molecule has 0 unspecified atom stereocenters. The van der Waals surface area contributed by atoms with Crippen molar-refractivity contribution in [3.05, 3.63) is 18.0 Å². The highest BCUT2D eigenvalue weighted by atomic mass is 16.3. The second-order valence-electron chi connectivity index (χ2n) is 3.80. The van der Waals surface area contributed by atoms with Crippen LogP contribution in [0.5, 0.6) is 0 Å². The smallest absolute Gasteiger partial charge is 0.225 e. The molecule has 88 valence electrons. The van der Waals surface area contributed by atoms with E-state index in [4.69, 9.17) is 5.11 Å². The van der Waals surface area contributed by atoms with Gasteiger partial charge in [0.05, 0.1) is 5.56 Å². The molecule has 0 aliphatic heterocycles. The predicted molar refractivity (Wildman–Crippen MR) is 61.6 cm³/mol. The number of aldehydes is 1. The van der Waals surface area contributed by atoms with Crippen molar-refractivity contribution < 1.29 is 9.90 Å². The fraction of sp³-hybridized carbons (Fsp3) is 0.545. The Balaban J connectivity index is 2.79. The van der Waals surface area contributed by atoms with Crippen LogP contribution < -0.4 is 4.90 Å². The zero-order chi connectivity index (χ0) is 12.0. The lowest BCUT2D eigenvalue weighted by molar-refractivity contribution is 0.112. The molecule has 0 fully saturated rings. The van der Waals surface area contributed by atoms with E-state index in [9.17, 15) is 4.79 Å². The third kappa shape index (κ3) is 3.27. The number of carbonyl (C=O) groups is 1. The van der Waals surface area contributed by atoms with Gasteiger partial charge in [-0.1, -0.05) is 0 Å². The van der Waals surface area contributed by atoms with E-state index in [2.05, 4.69) is 9.97 Å². The van der Waals surface area contributed by atoms with Gasteiger partial charge in [0.15, 0.2) is 6.29 Å². The molecule has 0 radical (unpaired) electrons. The summed E-state index contributed by atoms with van der Waals surface area (Å²) in [6.45, 7) is 4.92. The van der Waals surface area contributed by atoms with Crippen LogP contribution in [-0.2, 0) is 0 Å². The van der Waals surface area contributed by atoms with Crippen molar-refractivity contribution in [1.82, 2.24) is 9.97 Å². The van der Waals surface area contributed by atoms with E-state index in [0.29, 0.717) is 24.5 Å². The Morgan fingerprint density at radius 1 is 1.44 bits per heavy atom. The van der Waals surface area contributed by atoms with Crippen LogP contribution in [0.4, 0.5) is 5.95 Å². The fourth-order valence-electron chi connectivity index (χ4n) is 1.37. The molecule has 0 aromatic carbocycles. The molecular formula is C11H17N3O2. The lowest BCUT2D eigenvalue weighted by atomic mass is 10.3. The van der Waals surface area contributed by atoms with Crippen molar-refractivity contribution in [2.45, 2.75) is 26.3 Å². The molecule has 0 aliphatic rings. The molecule has 1 heterocycles. The molecule has 5 nitrogen and oxygen atoms in total. The molecule has 0 amide bonds. The molecule has 16 heavy (non-hydrogen) atoms. The number of anilines is 1. The third-order valence-electron chi connectivity index (χ3n) is 2.23. The molecule has 0 aliphatic carbocycles. The number of aromatic nitrogens is 2. The van der Waals surface area contributed by atoms with Gasteiger partial charge < -0.3 is 10.0 Å². The number of hydrogen-bond donors (Lipinski definition) is 1. The molecule has 1 aromatic rings. The van der Waals surface area contributed by atoms with Crippen LogP contribution in [0.3, 0.4) is 0 Å². The van der Waals surface area contributed by atoms with Crippen molar-refractivity contribution >= 4 is 12.2 Å². The maximum atomic E-state index is 10.5. The van der Waals surface area contributed by atoms with E-state index in [1.165, 1.54) is 12.4 Å². The average Bonchev–Trinajstić information content (AvgIpc) is 2.30. The summed E-state index contributed by atoms with van der Waals surface area (Å²) in [7, 11) is 0. The molecule has 1 aromatic heterocycles. The minimum absolute atomic E-state index is 0.148. The van der Waals surface area contributed by atoms with Gasteiger partial charge in [-0.2, -0.15) is 0 Å². The number of rotatable bonds is 6. The van der Waals surface area contributed by atoms with Crippen molar-refractivity contribution in [3.8, 4) is 0 Å². The molecule has 0 bridgehead atoms. The Bertz CT molecular complexity index is 325. The summed E-state index contributed by atoms with van der Waals surface area (Å²) in [4.78, 5) is 20.7. The molecule has 1 rings (SSSR count). The van der Waals surface area contributed by atoms with Crippen LogP contribution in [-0.4, -0.2) is 40.6 Å². The summed E-state index contributed by atoms with van der Waals surface area (Å²) in [5.74, 6) is 0.592. The summed E-state index contributed by atoms with van der Waals surface area (Å²) in [6, 6.07) is 0.258. The summed E-state index contributed by atoms with van der Waals surface area (Å²) >= 11 is 0. The number of aliphatic hydroxyl groups excluding tert-OH is 1. The van der Waals surface area contributed by atoms with Gasteiger partial charge in [0, 0.05) is 31.6 Å². The molecule has 0 saturated heterocycles. The van der Waals surface area contributed by atoms with Gasteiger partial charge >= 0.3 is 0 Å². The third-order valence-corrected chi connectivity index (χ3v) is 2.23. The number of nitrogens with zero attached hydrogens (tertiary/aromatic N) is 3. The molecule has 5 heteroatoms. The first-order valence-corrected chi connectivity index (χ1v) is 5.33. The highest BCUT2D eigenvalue weighted by Gasteiger charge is 2.12. The molecule has 1 N–H and O–H groups in total. The minimum Gasteiger partial charge on any atom is -0.396 e. The summed E-state index contributed by atoms with van der Waals surface area (Å²) < 4.78 is 0. The zero-order valence-corrected chi connectivity index (χ0v) is 9.63. The summed E-state index contributed by atoms with van der Waals surface area (Å²) in [5.41, 5.74) is 0.467. The van der Waals surface area contributed by atoms with Crippen LogP contribution in [0.25, 0.3) is 0 Å². The second-order valence-corrected chi connectivity index (χ2v) is 3.80. The van der Waals surface area contributed by atoms with E-state index >= 15 is 0 Å². The average molecular weight is 223 g/mol. The molecule has 0 saturated carbocycles. The number of aliphatic hydroxyl groups is 1.